The number of nitrogens with zero attached hydrogens (tertiary/aromatic N) is 1. The summed E-state index contributed by atoms with van der Waals surface area (Å²) in [6, 6.07) is 6.63. The Morgan fingerprint density at radius 3 is 2.84 bits per heavy atom. The molecule has 0 radical (unpaired) electrons. The molecule has 0 fully saturated rings. The number of phenols is 1. The van der Waals surface area contributed by atoms with Crippen LogP contribution >= 0.6 is 0 Å². The number of nitrogens with one attached hydrogen (secondary N) is 1. The molecule has 0 aliphatic carbocycles. The maximum atomic E-state index is 12.4. The molecule has 1 aromatic carbocycles. The van der Waals surface area contributed by atoms with Crippen LogP contribution in [0.2, 0.25) is 0 Å². The number of hydrogen-bond donors (Lipinski definition) is 3. The summed E-state index contributed by atoms with van der Waals surface area (Å²) in [4.78, 5) is 12.4. The number of aromatic hydroxyl groups is 1. The molecule has 0 atom stereocenters. The number of aryl methyl sites for hydroxylation is 1. The quantitative estimate of drug-likeness (QED) is 0.759. The Bertz CT molecular complexity index is 613. The molecule has 4 N–H and O–H groups in total. The molecular weight excluding hydrogens is 242 g/mol. The van der Waals surface area contributed by atoms with Crippen molar-refractivity contribution in [3.8, 4) is 11.4 Å². The lowest BCUT2D eigenvalue weighted by Crippen LogP contribution is -2.18. The third-order valence-electron chi connectivity index (χ3n) is 3.14. The van der Waals surface area contributed by atoms with E-state index in [1.807, 2.05) is 6.92 Å². The fraction of sp³-hybridized carbons (Fsp3) is 0.357. The van der Waals surface area contributed by atoms with Crippen LogP contribution in [0.25, 0.3) is 5.69 Å². The Balaban J connectivity index is 2.47. The molecule has 0 aliphatic heterocycles. The summed E-state index contributed by atoms with van der Waals surface area (Å²) in [5.74, 6) is 0.139. The number of H-pyrrole nitrogens is 1. The Morgan fingerprint density at radius 1 is 1.42 bits per heavy atom. The molecule has 0 unspecified atom stereocenters. The monoisotopic (exact) mass is 261 g/mol. The van der Waals surface area contributed by atoms with Crippen molar-refractivity contribution in [2.45, 2.75) is 26.2 Å². The zero-order chi connectivity index (χ0) is 13.8. The zero-order valence-corrected chi connectivity index (χ0v) is 11.0. The topological polar surface area (TPSA) is 84.0 Å². The molecule has 0 saturated heterocycles. The molecule has 0 bridgehead atoms. The highest BCUT2D eigenvalue weighted by atomic mass is 16.3. The standard InChI is InChI=1S/C14H19N3O2/c1-2-13-12(7-4-8-15)14(19)17(16-13)10-5-3-6-11(18)9-10/h3,5-6,9,16,18H,2,4,7-8,15H2,1H3. The average Bonchev–Trinajstić information content (AvgIpc) is 2.73. The predicted octanol–water partition coefficient (Wildman–Crippen LogP) is 1.32. The van der Waals surface area contributed by atoms with Gasteiger partial charge in [-0.3, -0.25) is 9.89 Å². The van der Waals surface area contributed by atoms with Crippen LogP contribution in [0.15, 0.2) is 29.1 Å². The summed E-state index contributed by atoms with van der Waals surface area (Å²) < 4.78 is 1.48. The second kappa shape index (κ2) is 5.75. The van der Waals surface area contributed by atoms with E-state index in [-0.39, 0.29) is 11.3 Å². The van der Waals surface area contributed by atoms with Crippen molar-refractivity contribution < 1.29 is 5.11 Å². The smallest absolute Gasteiger partial charge is 0.274 e. The molecule has 0 saturated carbocycles. The van der Waals surface area contributed by atoms with Crippen LogP contribution in [0.3, 0.4) is 0 Å². The number of rotatable bonds is 5. The Morgan fingerprint density at radius 2 is 2.21 bits per heavy atom. The molecule has 1 aromatic heterocycles. The van der Waals surface area contributed by atoms with Gasteiger partial charge in [-0.1, -0.05) is 13.0 Å². The van der Waals surface area contributed by atoms with E-state index in [2.05, 4.69) is 5.10 Å². The molecule has 19 heavy (non-hydrogen) atoms. The van der Waals surface area contributed by atoms with Crippen molar-refractivity contribution in [2.24, 2.45) is 5.73 Å². The van der Waals surface area contributed by atoms with E-state index in [9.17, 15) is 9.90 Å². The average molecular weight is 261 g/mol. The lowest BCUT2D eigenvalue weighted by molar-refractivity contribution is 0.474. The third kappa shape index (κ3) is 2.71. The van der Waals surface area contributed by atoms with E-state index in [0.29, 0.717) is 18.7 Å². The minimum atomic E-state index is -0.0594. The fourth-order valence-corrected chi connectivity index (χ4v) is 2.16. The highest BCUT2D eigenvalue weighted by Crippen LogP contribution is 2.15. The van der Waals surface area contributed by atoms with E-state index in [0.717, 1.165) is 24.1 Å². The normalized spacial score (nSPS) is 10.8. The van der Waals surface area contributed by atoms with E-state index >= 15 is 0 Å². The largest absolute Gasteiger partial charge is 0.508 e. The van der Waals surface area contributed by atoms with Crippen molar-refractivity contribution in [3.05, 3.63) is 45.9 Å². The van der Waals surface area contributed by atoms with Crippen molar-refractivity contribution in [1.29, 1.82) is 0 Å². The van der Waals surface area contributed by atoms with Crippen molar-refractivity contribution >= 4 is 0 Å². The second-order valence-electron chi connectivity index (χ2n) is 4.48. The van der Waals surface area contributed by atoms with Crippen LogP contribution in [0, 0.1) is 0 Å². The predicted molar refractivity (Wildman–Crippen MR) is 74.8 cm³/mol. The van der Waals surface area contributed by atoms with Crippen LogP contribution in [-0.4, -0.2) is 21.4 Å². The molecule has 102 valence electrons. The number of phenolic OH excluding ortho intramolecular Hbond substituents is 1. The molecule has 5 nitrogen and oxygen atoms in total. The van der Waals surface area contributed by atoms with Crippen molar-refractivity contribution in [2.75, 3.05) is 6.54 Å². The summed E-state index contributed by atoms with van der Waals surface area (Å²) in [7, 11) is 0. The molecule has 5 heteroatoms. The first-order chi connectivity index (χ1) is 9.17. The lowest BCUT2D eigenvalue weighted by Gasteiger charge is -2.01. The van der Waals surface area contributed by atoms with Gasteiger partial charge in [0.15, 0.2) is 0 Å². The van der Waals surface area contributed by atoms with Crippen LogP contribution in [0.4, 0.5) is 0 Å². The molecule has 2 aromatic rings. The number of hydrogen-bond acceptors (Lipinski definition) is 3. The highest BCUT2D eigenvalue weighted by Gasteiger charge is 2.13. The molecular formula is C14H19N3O2. The van der Waals surface area contributed by atoms with Gasteiger partial charge in [-0.05, 0) is 37.9 Å². The van der Waals surface area contributed by atoms with Crippen LogP contribution in [-0.2, 0) is 12.8 Å². The second-order valence-corrected chi connectivity index (χ2v) is 4.48. The first-order valence-electron chi connectivity index (χ1n) is 6.49. The zero-order valence-electron chi connectivity index (χ0n) is 11.0. The molecule has 0 spiro atoms. The van der Waals surface area contributed by atoms with Gasteiger partial charge in [-0.25, -0.2) is 4.68 Å². The van der Waals surface area contributed by atoms with Crippen molar-refractivity contribution in [3.63, 3.8) is 0 Å². The number of aromatic nitrogens is 2. The lowest BCUT2D eigenvalue weighted by atomic mass is 10.1. The highest BCUT2D eigenvalue weighted by molar-refractivity contribution is 5.39. The molecule has 0 amide bonds. The van der Waals surface area contributed by atoms with Gasteiger partial charge in [0.25, 0.3) is 5.56 Å². The van der Waals surface area contributed by atoms with Gasteiger partial charge in [0.1, 0.15) is 5.75 Å². The SMILES string of the molecule is CCc1[nH]n(-c2cccc(O)c2)c(=O)c1CCCN. The van der Waals surface area contributed by atoms with Gasteiger partial charge in [0, 0.05) is 17.3 Å². The maximum absolute atomic E-state index is 12.4. The maximum Gasteiger partial charge on any atom is 0.274 e. The molecule has 2 rings (SSSR count). The van der Waals surface area contributed by atoms with Crippen LogP contribution < -0.4 is 11.3 Å². The van der Waals surface area contributed by atoms with Gasteiger partial charge in [-0.2, -0.15) is 0 Å². The molecule has 1 heterocycles. The Hall–Kier alpha value is -2.01. The van der Waals surface area contributed by atoms with Crippen molar-refractivity contribution in [1.82, 2.24) is 9.78 Å². The van der Waals surface area contributed by atoms with Gasteiger partial charge >= 0.3 is 0 Å². The number of nitrogens with two attached hydrogens (primary N) is 1. The summed E-state index contributed by atoms with van der Waals surface area (Å²) in [6.45, 7) is 2.57. The third-order valence-corrected chi connectivity index (χ3v) is 3.14. The van der Waals surface area contributed by atoms with Gasteiger partial charge < -0.3 is 10.8 Å². The minimum absolute atomic E-state index is 0.0594. The van der Waals surface area contributed by atoms with Gasteiger partial charge in [0.2, 0.25) is 0 Å². The Labute approximate surface area is 111 Å². The summed E-state index contributed by atoms with van der Waals surface area (Å²) >= 11 is 0. The van der Waals surface area contributed by atoms with E-state index in [4.69, 9.17) is 5.73 Å². The summed E-state index contributed by atoms with van der Waals surface area (Å²) in [5.41, 5.74) is 7.80. The number of aromatic amines is 1. The number of benzene rings is 1. The van der Waals surface area contributed by atoms with E-state index in [1.54, 1.807) is 24.3 Å². The van der Waals surface area contributed by atoms with Gasteiger partial charge in [0.05, 0.1) is 5.69 Å². The first kappa shape index (κ1) is 13.4. The Kier molecular flexibility index (Phi) is 4.06. The first-order valence-corrected chi connectivity index (χ1v) is 6.49. The van der Waals surface area contributed by atoms with Gasteiger partial charge in [-0.15, -0.1) is 0 Å². The molecule has 0 aliphatic rings. The van der Waals surface area contributed by atoms with Crippen LogP contribution in [0.5, 0.6) is 5.75 Å². The summed E-state index contributed by atoms with van der Waals surface area (Å²) in [6.07, 6.45) is 2.24. The minimum Gasteiger partial charge on any atom is -0.508 e. The van der Waals surface area contributed by atoms with Crippen LogP contribution in [0.1, 0.15) is 24.6 Å². The fourth-order valence-electron chi connectivity index (χ4n) is 2.16. The van der Waals surface area contributed by atoms with E-state index < -0.39 is 0 Å². The summed E-state index contributed by atoms with van der Waals surface area (Å²) in [5, 5.41) is 12.6. The van der Waals surface area contributed by atoms with E-state index in [1.165, 1.54) is 4.68 Å².